The SMILES string of the molecule is CCN(Cc1ccc2c(c1)OCO2)C(=O)NC[C@H]1CCCO1. The summed E-state index contributed by atoms with van der Waals surface area (Å²) < 4.78 is 16.2. The van der Waals surface area contributed by atoms with Crippen molar-refractivity contribution in [2.45, 2.75) is 32.4 Å². The molecule has 120 valence electrons. The van der Waals surface area contributed by atoms with E-state index in [0.717, 1.165) is 36.5 Å². The van der Waals surface area contributed by atoms with Gasteiger partial charge in [-0.3, -0.25) is 0 Å². The Bertz CT molecular complexity index is 529. The van der Waals surface area contributed by atoms with E-state index in [0.29, 0.717) is 19.6 Å². The van der Waals surface area contributed by atoms with Crippen LogP contribution in [0.4, 0.5) is 4.79 Å². The van der Waals surface area contributed by atoms with Crippen molar-refractivity contribution in [2.75, 3.05) is 26.5 Å². The predicted octanol–water partition coefficient (Wildman–Crippen LogP) is 2.13. The molecule has 0 spiro atoms. The van der Waals surface area contributed by atoms with Gasteiger partial charge in [0, 0.05) is 26.2 Å². The monoisotopic (exact) mass is 306 g/mol. The van der Waals surface area contributed by atoms with Crippen molar-refractivity contribution < 1.29 is 19.0 Å². The number of rotatable bonds is 5. The van der Waals surface area contributed by atoms with Crippen molar-refractivity contribution in [2.24, 2.45) is 0 Å². The number of fused-ring (bicyclic) bond motifs is 1. The van der Waals surface area contributed by atoms with Gasteiger partial charge in [-0.15, -0.1) is 0 Å². The van der Waals surface area contributed by atoms with Gasteiger partial charge in [0.2, 0.25) is 6.79 Å². The quantitative estimate of drug-likeness (QED) is 0.905. The lowest BCUT2D eigenvalue weighted by Gasteiger charge is -2.22. The topological polar surface area (TPSA) is 60.0 Å². The number of benzene rings is 1. The summed E-state index contributed by atoms with van der Waals surface area (Å²) in [5.74, 6) is 1.50. The third-order valence-corrected chi connectivity index (χ3v) is 3.98. The molecule has 2 heterocycles. The maximum absolute atomic E-state index is 12.3. The second-order valence-corrected chi connectivity index (χ2v) is 5.52. The van der Waals surface area contributed by atoms with Gasteiger partial charge in [-0.1, -0.05) is 6.07 Å². The smallest absolute Gasteiger partial charge is 0.317 e. The van der Waals surface area contributed by atoms with Crippen LogP contribution >= 0.6 is 0 Å². The van der Waals surface area contributed by atoms with Crippen molar-refractivity contribution >= 4 is 6.03 Å². The summed E-state index contributed by atoms with van der Waals surface area (Å²) >= 11 is 0. The molecule has 1 aromatic rings. The maximum atomic E-state index is 12.3. The molecular formula is C16H22N2O4. The summed E-state index contributed by atoms with van der Waals surface area (Å²) in [6, 6.07) is 5.72. The van der Waals surface area contributed by atoms with Crippen molar-refractivity contribution in [1.82, 2.24) is 10.2 Å². The van der Waals surface area contributed by atoms with Crippen LogP contribution in [0.25, 0.3) is 0 Å². The number of carbonyl (C=O) groups excluding carboxylic acids is 1. The molecule has 1 N–H and O–H groups in total. The van der Waals surface area contributed by atoms with Crippen LogP contribution in [-0.4, -0.2) is 43.5 Å². The van der Waals surface area contributed by atoms with Crippen LogP contribution in [0.3, 0.4) is 0 Å². The number of amides is 2. The van der Waals surface area contributed by atoms with E-state index in [-0.39, 0.29) is 18.9 Å². The third kappa shape index (κ3) is 3.44. The molecule has 0 aliphatic carbocycles. The van der Waals surface area contributed by atoms with Crippen LogP contribution in [0.15, 0.2) is 18.2 Å². The summed E-state index contributed by atoms with van der Waals surface area (Å²) in [5.41, 5.74) is 1.03. The van der Waals surface area contributed by atoms with Gasteiger partial charge in [0.15, 0.2) is 11.5 Å². The van der Waals surface area contributed by atoms with Gasteiger partial charge in [0.05, 0.1) is 6.10 Å². The van der Waals surface area contributed by atoms with Gasteiger partial charge < -0.3 is 24.4 Å². The molecule has 6 heteroatoms. The fourth-order valence-electron chi connectivity index (χ4n) is 2.71. The molecular weight excluding hydrogens is 284 g/mol. The molecule has 22 heavy (non-hydrogen) atoms. The molecule has 6 nitrogen and oxygen atoms in total. The van der Waals surface area contributed by atoms with Crippen molar-refractivity contribution in [1.29, 1.82) is 0 Å². The highest BCUT2D eigenvalue weighted by molar-refractivity contribution is 5.74. The van der Waals surface area contributed by atoms with Gasteiger partial charge in [-0.25, -0.2) is 4.79 Å². The number of hydrogen-bond acceptors (Lipinski definition) is 4. The highest BCUT2D eigenvalue weighted by Crippen LogP contribution is 2.32. The number of nitrogens with zero attached hydrogens (tertiary/aromatic N) is 1. The van der Waals surface area contributed by atoms with Gasteiger partial charge in [0.1, 0.15) is 0 Å². The van der Waals surface area contributed by atoms with E-state index in [2.05, 4.69) is 5.32 Å². The summed E-state index contributed by atoms with van der Waals surface area (Å²) in [4.78, 5) is 14.0. The van der Waals surface area contributed by atoms with Crippen LogP contribution in [0.2, 0.25) is 0 Å². The van der Waals surface area contributed by atoms with E-state index < -0.39 is 0 Å². The Kier molecular flexibility index (Phi) is 4.68. The fourth-order valence-corrected chi connectivity index (χ4v) is 2.71. The minimum Gasteiger partial charge on any atom is -0.454 e. The molecule has 2 amide bonds. The first-order chi connectivity index (χ1) is 10.8. The first kappa shape index (κ1) is 15.0. The molecule has 1 aromatic carbocycles. The Hall–Kier alpha value is -1.95. The summed E-state index contributed by atoms with van der Waals surface area (Å²) in [6.45, 7) is 4.80. The van der Waals surface area contributed by atoms with Crippen LogP contribution in [0, 0.1) is 0 Å². The Balaban J connectivity index is 1.55. The predicted molar refractivity (Wildman–Crippen MR) is 81.0 cm³/mol. The van der Waals surface area contributed by atoms with E-state index >= 15 is 0 Å². The molecule has 1 atom stereocenters. The molecule has 0 unspecified atom stereocenters. The van der Waals surface area contributed by atoms with Crippen molar-refractivity contribution in [3.63, 3.8) is 0 Å². The highest BCUT2D eigenvalue weighted by Gasteiger charge is 2.19. The fraction of sp³-hybridized carbons (Fsp3) is 0.562. The molecule has 2 aliphatic rings. The van der Waals surface area contributed by atoms with Crippen molar-refractivity contribution in [3.05, 3.63) is 23.8 Å². The highest BCUT2D eigenvalue weighted by atomic mass is 16.7. The van der Waals surface area contributed by atoms with E-state index in [1.54, 1.807) is 4.90 Å². The van der Waals surface area contributed by atoms with E-state index in [1.807, 2.05) is 25.1 Å². The molecule has 2 aliphatic heterocycles. The zero-order valence-electron chi connectivity index (χ0n) is 12.8. The van der Waals surface area contributed by atoms with Crippen LogP contribution < -0.4 is 14.8 Å². The lowest BCUT2D eigenvalue weighted by atomic mass is 10.2. The number of carbonyl (C=O) groups is 1. The van der Waals surface area contributed by atoms with Crippen LogP contribution in [-0.2, 0) is 11.3 Å². The lowest BCUT2D eigenvalue weighted by Crippen LogP contribution is -2.42. The average Bonchev–Trinajstić information content (AvgIpc) is 3.20. The Morgan fingerprint density at radius 1 is 1.36 bits per heavy atom. The maximum Gasteiger partial charge on any atom is 0.317 e. The zero-order chi connectivity index (χ0) is 15.4. The summed E-state index contributed by atoms with van der Waals surface area (Å²) in [7, 11) is 0. The molecule has 3 rings (SSSR count). The third-order valence-electron chi connectivity index (χ3n) is 3.98. The van der Waals surface area contributed by atoms with Gasteiger partial charge in [-0.2, -0.15) is 0 Å². The molecule has 0 aromatic heterocycles. The van der Waals surface area contributed by atoms with Crippen molar-refractivity contribution in [3.8, 4) is 11.5 Å². The Morgan fingerprint density at radius 3 is 3.00 bits per heavy atom. The van der Waals surface area contributed by atoms with Crippen LogP contribution in [0.1, 0.15) is 25.3 Å². The standard InChI is InChI=1S/C16H22N2O4/c1-2-18(16(19)17-9-13-4-3-7-20-13)10-12-5-6-14-15(8-12)22-11-21-14/h5-6,8,13H,2-4,7,9-11H2,1H3,(H,17,19)/t13-/m1/s1. The molecule has 0 bridgehead atoms. The second kappa shape index (κ2) is 6.87. The normalized spacial score (nSPS) is 19.2. The zero-order valence-corrected chi connectivity index (χ0v) is 12.8. The van der Waals surface area contributed by atoms with Crippen LogP contribution in [0.5, 0.6) is 11.5 Å². The average molecular weight is 306 g/mol. The van der Waals surface area contributed by atoms with Gasteiger partial charge >= 0.3 is 6.03 Å². The lowest BCUT2D eigenvalue weighted by molar-refractivity contribution is 0.109. The minimum atomic E-state index is -0.0596. The first-order valence-electron chi connectivity index (χ1n) is 7.79. The second-order valence-electron chi connectivity index (χ2n) is 5.52. The summed E-state index contributed by atoms with van der Waals surface area (Å²) in [6.07, 6.45) is 2.26. The number of ether oxygens (including phenoxy) is 3. The number of urea groups is 1. The molecule has 1 saturated heterocycles. The number of nitrogens with one attached hydrogen (secondary N) is 1. The Morgan fingerprint density at radius 2 is 2.23 bits per heavy atom. The molecule has 0 radical (unpaired) electrons. The number of hydrogen-bond donors (Lipinski definition) is 1. The minimum absolute atomic E-state index is 0.0596. The van der Waals surface area contributed by atoms with Gasteiger partial charge in [-0.05, 0) is 37.5 Å². The van der Waals surface area contributed by atoms with E-state index in [9.17, 15) is 4.79 Å². The Labute approximate surface area is 130 Å². The molecule has 0 saturated carbocycles. The first-order valence-corrected chi connectivity index (χ1v) is 7.79. The summed E-state index contributed by atoms with van der Waals surface area (Å²) in [5, 5.41) is 2.95. The van der Waals surface area contributed by atoms with Gasteiger partial charge in [0.25, 0.3) is 0 Å². The van der Waals surface area contributed by atoms with E-state index in [1.165, 1.54) is 0 Å². The molecule has 1 fully saturated rings. The largest absolute Gasteiger partial charge is 0.454 e. The van der Waals surface area contributed by atoms with E-state index in [4.69, 9.17) is 14.2 Å².